The molecule has 2 N–H and O–H groups in total. The first-order valence-corrected chi connectivity index (χ1v) is 8.34. The van der Waals surface area contributed by atoms with Crippen molar-refractivity contribution in [1.82, 2.24) is 10.3 Å². The van der Waals surface area contributed by atoms with Crippen LogP contribution in [0.5, 0.6) is 0 Å². The van der Waals surface area contributed by atoms with Gasteiger partial charge in [0, 0.05) is 24.9 Å². The Bertz CT molecular complexity index is 560. The van der Waals surface area contributed by atoms with E-state index in [0.717, 1.165) is 18.4 Å². The zero-order valence-corrected chi connectivity index (χ0v) is 12.7. The number of nitrogens with one attached hydrogen (secondary N) is 1. The van der Waals surface area contributed by atoms with Gasteiger partial charge in [-0.3, -0.25) is 4.98 Å². The van der Waals surface area contributed by atoms with Crippen LogP contribution in [0.25, 0.3) is 10.2 Å². The number of aliphatic hydroxyl groups is 1. The number of aromatic nitrogens is 1. The Balaban J connectivity index is 1.62. The Labute approximate surface area is 124 Å². The van der Waals surface area contributed by atoms with Crippen LogP contribution in [0.3, 0.4) is 0 Å². The Hall–Kier alpha value is -0.970. The molecule has 2 heterocycles. The van der Waals surface area contributed by atoms with Gasteiger partial charge >= 0.3 is 0 Å². The second kappa shape index (κ2) is 6.20. The molecule has 3 nitrogen and oxygen atoms in total. The monoisotopic (exact) mass is 290 g/mol. The van der Waals surface area contributed by atoms with E-state index in [-0.39, 0.29) is 0 Å². The molecule has 1 aliphatic carbocycles. The van der Waals surface area contributed by atoms with Gasteiger partial charge in [-0.2, -0.15) is 0 Å². The minimum Gasteiger partial charge on any atom is -0.396 e. The van der Waals surface area contributed by atoms with Crippen molar-refractivity contribution in [3.8, 4) is 0 Å². The third kappa shape index (κ3) is 3.03. The maximum Gasteiger partial charge on any atom is 0.0809 e. The first kappa shape index (κ1) is 14.0. The summed E-state index contributed by atoms with van der Waals surface area (Å²) in [6.07, 6.45) is 6.62. The highest BCUT2D eigenvalue weighted by Gasteiger charge is 2.22. The largest absolute Gasteiger partial charge is 0.396 e. The van der Waals surface area contributed by atoms with Crippen molar-refractivity contribution < 1.29 is 5.11 Å². The lowest BCUT2D eigenvalue weighted by Gasteiger charge is -2.30. The highest BCUT2D eigenvalue weighted by atomic mass is 32.1. The topological polar surface area (TPSA) is 45.1 Å². The van der Waals surface area contributed by atoms with Crippen molar-refractivity contribution in [3.63, 3.8) is 0 Å². The molecule has 1 atom stereocenters. The molecule has 0 saturated heterocycles. The number of fused-ring (bicyclic) bond motifs is 1. The molecule has 0 bridgehead atoms. The van der Waals surface area contributed by atoms with Gasteiger partial charge in [0.15, 0.2) is 0 Å². The molecule has 0 spiro atoms. The minimum absolute atomic E-state index is 0.338. The molecule has 3 rings (SSSR count). The van der Waals surface area contributed by atoms with Crippen LogP contribution in [0.4, 0.5) is 0 Å². The van der Waals surface area contributed by atoms with Crippen LogP contribution >= 0.6 is 11.3 Å². The molecular formula is C16H22N2OS. The number of hydrogen-bond donors (Lipinski definition) is 2. The fourth-order valence-electron chi connectivity index (χ4n) is 3.06. The van der Waals surface area contributed by atoms with Crippen molar-refractivity contribution in [3.05, 3.63) is 29.3 Å². The van der Waals surface area contributed by atoms with Crippen LogP contribution in [0.15, 0.2) is 23.7 Å². The molecule has 0 radical (unpaired) electrons. The fraction of sp³-hybridized carbons (Fsp3) is 0.562. The average Bonchev–Trinajstić information content (AvgIpc) is 2.95. The van der Waals surface area contributed by atoms with E-state index >= 15 is 0 Å². The van der Waals surface area contributed by atoms with E-state index < -0.39 is 0 Å². The zero-order chi connectivity index (χ0) is 13.9. The SMILES string of the molecule is CC(NC1CCC(CO)CC1)c1cnc2ccsc2c1. The van der Waals surface area contributed by atoms with E-state index in [1.54, 1.807) is 11.3 Å². The number of aliphatic hydroxyl groups excluding tert-OH is 1. The normalized spacial score (nSPS) is 24.9. The predicted octanol–water partition coefficient (Wildman–Crippen LogP) is 3.50. The molecule has 1 unspecified atom stereocenters. The lowest BCUT2D eigenvalue weighted by molar-refractivity contribution is 0.172. The summed E-state index contributed by atoms with van der Waals surface area (Å²) < 4.78 is 1.26. The van der Waals surface area contributed by atoms with E-state index in [0.29, 0.717) is 24.6 Å². The van der Waals surface area contributed by atoms with E-state index in [1.807, 2.05) is 6.20 Å². The maximum atomic E-state index is 9.19. The molecule has 2 aromatic heterocycles. The number of rotatable bonds is 4. The van der Waals surface area contributed by atoms with Gasteiger partial charge in [0.2, 0.25) is 0 Å². The summed E-state index contributed by atoms with van der Waals surface area (Å²) in [4.78, 5) is 4.52. The van der Waals surface area contributed by atoms with Crippen LogP contribution in [-0.2, 0) is 0 Å². The van der Waals surface area contributed by atoms with Crippen molar-refractivity contribution in [1.29, 1.82) is 0 Å². The Morgan fingerprint density at radius 1 is 1.40 bits per heavy atom. The third-order valence-electron chi connectivity index (χ3n) is 4.41. The molecule has 1 saturated carbocycles. The van der Waals surface area contributed by atoms with Crippen molar-refractivity contribution >= 4 is 21.6 Å². The highest BCUT2D eigenvalue weighted by molar-refractivity contribution is 7.17. The second-order valence-electron chi connectivity index (χ2n) is 5.86. The molecule has 0 aliphatic heterocycles. The summed E-state index contributed by atoms with van der Waals surface area (Å²) in [5.74, 6) is 0.521. The lowest BCUT2D eigenvalue weighted by Crippen LogP contribution is -2.35. The summed E-state index contributed by atoms with van der Waals surface area (Å²) >= 11 is 1.75. The minimum atomic E-state index is 0.338. The summed E-state index contributed by atoms with van der Waals surface area (Å²) in [6.45, 7) is 2.57. The van der Waals surface area contributed by atoms with Crippen molar-refractivity contribution in [2.45, 2.75) is 44.7 Å². The Morgan fingerprint density at radius 2 is 2.20 bits per heavy atom. The number of pyridine rings is 1. The van der Waals surface area contributed by atoms with Gasteiger partial charge in [-0.15, -0.1) is 11.3 Å². The summed E-state index contributed by atoms with van der Waals surface area (Å²) in [5.41, 5.74) is 2.36. The summed E-state index contributed by atoms with van der Waals surface area (Å²) in [5, 5.41) is 15.0. The zero-order valence-electron chi connectivity index (χ0n) is 11.9. The number of nitrogens with zero attached hydrogens (tertiary/aromatic N) is 1. The van der Waals surface area contributed by atoms with E-state index in [2.05, 4.69) is 34.7 Å². The Morgan fingerprint density at radius 3 is 2.95 bits per heavy atom. The smallest absolute Gasteiger partial charge is 0.0809 e. The fourth-order valence-corrected chi connectivity index (χ4v) is 3.85. The Kier molecular flexibility index (Phi) is 4.34. The van der Waals surface area contributed by atoms with Crippen LogP contribution in [0, 0.1) is 5.92 Å². The summed E-state index contributed by atoms with van der Waals surface area (Å²) in [6, 6.07) is 5.23. The lowest BCUT2D eigenvalue weighted by atomic mass is 9.86. The molecule has 2 aromatic rings. The predicted molar refractivity (Wildman–Crippen MR) is 84.0 cm³/mol. The molecule has 4 heteroatoms. The van der Waals surface area contributed by atoms with E-state index in [4.69, 9.17) is 0 Å². The standard InChI is InChI=1S/C16H22N2OS/c1-11(18-14-4-2-12(10-19)3-5-14)13-8-16-15(17-9-13)6-7-20-16/h6-9,11-12,14,18-19H,2-5,10H2,1H3. The van der Waals surface area contributed by atoms with E-state index in [1.165, 1.54) is 23.1 Å². The van der Waals surface area contributed by atoms with Gasteiger partial charge in [0.05, 0.1) is 10.2 Å². The quantitative estimate of drug-likeness (QED) is 0.906. The maximum absolute atomic E-state index is 9.19. The molecule has 1 fully saturated rings. The van der Waals surface area contributed by atoms with Crippen LogP contribution in [-0.4, -0.2) is 22.7 Å². The molecule has 20 heavy (non-hydrogen) atoms. The van der Waals surface area contributed by atoms with Gasteiger partial charge in [-0.05, 0) is 61.6 Å². The first-order valence-electron chi connectivity index (χ1n) is 7.46. The molecule has 0 amide bonds. The van der Waals surface area contributed by atoms with Crippen LogP contribution in [0.1, 0.15) is 44.2 Å². The second-order valence-corrected chi connectivity index (χ2v) is 6.81. The first-order chi connectivity index (χ1) is 9.76. The number of thiophene rings is 1. The molecule has 108 valence electrons. The van der Waals surface area contributed by atoms with Gasteiger partial charge in [-0.25, -0.2) is 0 Å². The van der Waals surface area contributed by atoms with Crippen LogP contribution in [0.2, 0.25) is 0 Å². The molecular weight excluding hydrogens is 268 g/mol. The van der Waals surface area contributed by atoms with Gasteiger partial charge in [0.25, 0.3) is 0 Å². The third-order valence-corrected chi connectivity index (χ3v) is 5.27. The van der Waals surface area contributed by atoms with Gasteiger partial charge in [0.1, 0.15) is 0 Å². The van der Waals surface area contributed by atoms with Crippen LogP contribution < -0.4 is 5.32 Å². The highest BCUT2D eigenvalue weighted by Crippen LogP contribution is 2.27. The number of hydrogen-bond acceptors (Lipinski definition) is 4. The molecule has 0 aromatic carbocycles. The van der Waals surface area contributed by atoms with Crippen molar-refractivity contribution in [2.24, 2.45) is 5.92 Å². The van der Waals surface area contributed by atoms with Gasteiger partial charge < -0.3 is 10.4 Å². The van der Waals surface area contributed by atoms with Gasteiger partial charge in [-0.1, -0.05) is 0 Å². The molecule has 1 aliphatic rings. The summed E-state index contributed by atoms with van der Waals surface area (Å²) in [7, 11) is 0. The van der Waals surface area contributed by atoms with E-state index in [9.17, 15) is 5.11 Å². The van der Waals surface area contributed by atoms with Crippen molar-refractivity contribution in [2.75, 3.05) is 6.61 Å². The average molecular weight is 290 g/mol.